The molecule has 0 saturated carbocycles. The Kier molecular flexibility index (Phi) is 27.1. The second kappa shape index (κ2) is 31.4. The number of carboxylic acid groups (broad SMARTS) is 1. The van der Waals surface area contributed by atoms with Crippen molar-refractivity contribution in [2.75, 3.05) is 39.4 Å². The Morgan fingerprint density at radius 2 is 0.971 bits per heavy atom. The van der Waals surface area contributed by atoms with Crippen LogP contribution in [0.15, 0.2) is 39.2 Å². The first kappa shape index (κ1) is 59.4. The molecule has 30 nitrogen and oxygen atoms in total. The third-order valence-electron chi connectivity index (χ3n) is 9.59. The number of phenolic OH excluding ortho intramolecular Hbond substituents is 1. The molecule has 0 fully saturated rings. The summed E-state index contributed by atoms with van der Waals surface area (Å²) in [6.45, 7) is -1.63. The van der Waals surface area contributed by atoms with E-state index < -0.39 is 115 Å². The highest BCUT2D eigenvalue weighted by atomic mass is 16.4. The van der Waals surface area contributed by atoms with Crippen molar-refractivity contribution < 1.29 is 63.9 Å². The predicted molar refractivity (Wildman–Crippen MR) is 248 cm³/mol. The third-order valence-corrected chi connectivity index (χ3v) is 9.59. The molecule has 0 radical (unpaired) electrons. The molecule has 30 heteroatoms. The topological polar surface area (TPSA) is 541 Å². The van der Waals surface area contributed by atoms with Crippen molar-refractivity contribution >= 4 is 65.2 Å². The number of hydrogen-bond donors (Lipinski definition) is 19. The zero-order valence-electron chi connectivity index (χ0n) is 38.0. The molecular weight excluding hydrogens is 915 g/mol. The number of phenols is 1. The minimum atomic E-state index is -1.81. The maximum Gasteiger partial charge on any atom is 0.328 e. The molecule has 0 aliphatic heterocycles. The van der Waals surface area contributed by atoms with E-state index in [0.717, 1.165) is 6.92 Å². The van der Waals surface area contributed by atoms with Crippen molar-refractivity contribution in [1.29, 1.82) is 0 Å². The quantitative estimate of drug-likeness (QED) is 0.0181. The number of carbonyl (C=O) groups excluding carboxylic acids is 7. The lowest BCUT2D eigenvalue weighted by molar-refractivity contribution is -0.145. The number of nitrogens with zero attached hydrogens (tertiary/aromatic N) is 3. The molecule has 69 heavy (non-hydrogen) atoms. The Labute approximate surface area is 396 Å². The van der Waals surface area contributed by atoms with Gasteiger partial charge in [0.1, 0.15) is 36.0 Å². The largest absolute Gasteiger partial charge is 0.508 e. The normalized spacial score (nSPS) is 14.2. The number of amides is 7. The molecular formula is C39H67N17O13. The lowest BCUT2D eigenvalue weighted by Crippen LogP contribution is -2.60. The predicted octanol–water partition coefficient (Wildman–Crippen LogP) is -9.10. The summed E-state index contributed by atoms with van der Waals surface area (Å²) >= 11 is 0. The standard InChI is InChI=1S/C39H67N17O13/c1-19(59)29(36(68)69)56-33(65)24(7-4-14-49-39(45)46)53-35(67)27(18-58)55-34(66)26(17-57)51-28(61)16-50-31(63)25(15-20-8-10-21(60)11-9-20)54-32(64)23(6-3-13-48-38(43)44)52-30(62)22(40)5-2-12-47-37(41)42/h8-11,19,22-27,29,57-60H,2-7,12-18,40H2,1H3,(H,50,63)(H,51,61)(H,52,62)(H,53,67)(H,54,64)(H,55,66)(H,56,65)(H,68,69)(H4,41,42,47)(H4,43,44,48)(H4,45,46,49)/t19-,22+,23+,24+,25+,26+,27+,29+/m1/s1. The molecule has 26 N–H and O–H groups in total. The van der Waals surface area contributed by atoms with Crippen molar-refractivity contribution in [2.24, 2.45) is 55.1 Å². The van der Waals surface area contributed by atoms with E-state index in [9.17, 15) is 63.9 Å². The number of aliphatic hydroxyl groups excluding tert-OH is 3. The molecule has 1 rings (SSSR count). The maximum atomic E-state index is 13.8. The van der Waals surface area contributed by atoms with E-state index in [1.54, 1.807) is 0 Å². The van der Waals surface area contributed by atoms with Gasteiger partial charge in [-0.25, -0.2) is 4.79 Å². The molecule has 0 aliphatic carbocycles. The Morgan fingerprint density at radius 3 is 1.42 bits per heavy atom. The molecule has 0 saturated heterocycles. The van der Waals surface area contributed by atoms with Gasteiger partial charge in [-0.05, 0) is 63.1 Å². The van der Waals surface area contributed by atoms with Crippen molar-refractivity contribution in [1.82, 2.24) is 37.2 Å². The molecule has 386 valence electrons. The third kappa shape index (κ3) is 24.1. The van der Waals surface area contributed by atoms with Gasteiger partial charge < -0.3 is 103 Å². The summed E-state index contributed by atoms with van der Waals surface area (Å²) in [6, 6.07) is -5.08. The van der Waals surface area contributed by atoms with E-state index in [2.05, 4.69) is 52.2 Å². The Hall–Kier alpha value is -7.57. The van der Waals surface area contributed by atoms with Gasteiger partial charge in [0.15, 0.2) is 23.9 Å². The average Bonchev–Trinajstić information content (AvgIpc) is 3.28. The van der Waals surface area contributed by atoms with E-state index in [-0.39, 0.29) is 81.8 Å². The number of hydrogen-bond acceptors (Lipinski definition) is 16. The van der Waals surface area contributed by atoms with Crippen LogP contribution in [0.4, 0.5) is 0 Å². The van der Waals surface area contributed by atoms with Gasteiger partial charge in [0.05, 0.1) is 31.9 Å². The van der Waals surface area contributed by atoms with Crippen LogP contribution in [0.1, 0.15) is 51.0 Å². The van der Waals surface area contributed by atoms with Gasteiger partial charge >= 0.3 is 5.97 Å². The summed E-state index contributed by atoms with van der Waals surface area (Å²) in [5.74, 6) is -9.28. The highest BCUT2D eigenvalue weighted by Crippen LogP contribution is 2.12. The number of carboxylic acids is 1. The van der Waals surface area contributed by atoms with Crippen LogP contribution in [0.25, 0.3) is 0 Å². The lowest BCUT2D eigenvalue weighted by atomic mass is 10.0. The zero-order chi connectivity index (χ0) is 52.2. The van der Waals surface area contributed by atoms with Gasteiger partial charge in [0.2, 0.25) is 41.4 Å². The van der Waals surface area contributed by atoms with Crippen molar-refractivity contribution in [3.8, 4) is 5.75 Å². The van der Waals surface area contributed by atoms with Gasteiger partial charge in [-0.3, -0.25) is 48.5 Å². The second-order valence-electron chi connectivity index (χ2n) is 15.3. The first-order valence-corrected chi connectivity index (χ1v) is 21.4. The van der Waals surface area contributed by atoms with Crippen LogP contribution in [0.2, 0.25) is 0 Å². The molecule has 7 amide bonds. The Bertz CT molecular complexity index is 1960. The zero-order valence-corrected chi connectivity index (χ0v) is 38.0. The summed E-state index contributed by atoms with van der Waals surface area (Å²) in [4.78, 5) is 116. The van der Waals surface area contributed by atoms with Gasteiger partial charge in [0.25, 0.3) is 0 Å². The minimum absolute atomic E-state index is 0.0173. The summed E-state index contributed by atoms with van der Waals surface area (Å²) < 4.78 is 0. The number of rotatable bonds is 32. The first-order valence-electron chi connectivity index (χ1n) is 21.4. The van der Waals surface area contributed by atoms with Crippen LogP contribution < -0.4 is 77.4 Å². The Balaban J connectivity index is 3.18. The fourth-order valence-electron chi connectivity index (χ4n) is 5.93. The number of aromatic hydroxyl groups is 1. The molecule has 0 spiro atoms. The summed E-state index contributed by atoms with van der Waals surface area (Å²) in [7, 11) is 0. The highest BCUT2D eigenvalue weighted by molar-refractivity contribution is 5.97. The Morgan fingerprint density at radius 1 is 0.565 bits per heavy atom. The molecule has 0 bridgehead atoms. The van der Waals surface area contributed by atoms with Crippen LogP contribution in [0.3, 0.4) is 0 Å². The van der Waals surface area contributed by atoms with Gasteiger partial charge in [0, 0.05) is 26.1 Å². The molecule has 0 aromatic heterocycles. The SMILES string of the molecule is C[C@@H](O)[C@H](NC(=O)[C@H](CCCN=C(N)N)NC(=O)[C@H](CO)NC(=O)[C@H](CO)NC(=O)CNC(=O)[C@H](Cc1ccc(O)cc1)NC(=O)[C@H](CCCN=C(N)N)NC(=O)[C@@H](N)CCCN=C(N)N)C(=O)O. The maximum absolute atomic E-state index is 13.8. The van der Waals surface area contributed by atoms with Crippen molar-refractivity contribution in [3.05, 3.63) is 29.8 Å². The van der Waals surface area contributed by atoms with Gasteiger partial charge in [-0.1, -0.05) is 12.1 Å². The number of guanidine groups is 3. The van der Waals surface area contributed by atoms with Gasteiger partial charge in [-0.15, -0.1) is 0 Å². The minimum Gasteiger partial charge on any atom is -0.508 e. The monoisotopic (exact) mass is 982 g/mol. The van der Waals surface area contributed by atoms with E-state index in [1.165, 1.54) is 24.3 Å². The molecule has 8 atom stereocenters. The number of benzene rings is 1. The van der Waals surface area contributed by atoms with E-state index in [4.69, 9.17) is 40.1 Å². The van der Waals surface area contributed by atoms with Crippen LogP contribution >= 0.6 is 0 Å². The first-order chi connectivity index (χ1) is 32.5. The number of carbonyl (C=O) groups is 8. The van der Waals surface area contributed by atoms with Crippen LogP contribution in [0.5, 0.6) is 5.75 Å². The van der Waals surface area contributed by atoms with Crippen LogP contribution in [-0.2, 0) is 44.8 Å². The van der Waals surface area contributed by atoms with Crippen molar-refractivity contribution in [2.45, 2.75) is 100 Å². The summed E-state index contributed by atoms with van der Waals surface area (Å²) in [5, 5.41) is 65.0. The summed E-state index contributed by atoms with van der Waals surface area (Å²) in [5.41, 5.74) is 38.6. The van der Waals surface area contributed by atoms with Crippen LogP contribution in [-0.4, -0.2) is 179 Å². The number of aliphatic imine (C=N–C) groups is 3. The van der Waals surface area contributed by atoms with E-state index in [1.807, 2.05) is 0 Å². The molecule has 0 aliphatic rings. The number of nitrogens with one attached hydrogen (secondary N) is 7. The highest BCUT2D eigenvalue weighted by Gasteiger charge is 2.33. The molecule has 1 aromatic carbocycles. The molecule has 0 heterocycles. The fourth-order valence-corrected chi connectivity index (χ4v) is 5.93. The number of aliphatic carboxylic acids is 1. The van der Waals surface area contributed by atoms with Crippen molar-refractivity contribution in [3.63, 3.8) is 0 Å². The van der Waals surface area contributed by atoms with E-state index >= 15 is 0 Å². The smallest absolute Gasteiger partial charge is 0.328 e. The summed E-state index contributed by atoms with van der Waals surface area (Å²) in [6.07, 6.45) is -1.24. The number of aliphatic hydroxyl groups is 3. The van der Waals surface area contributed by atoms with Gasteiger partial charge in [-0.2, -0.15) is 0 Å². The molecule has 1 aromatic rings. The molecule has 0 unspecified atom stereocenters. The lowest BCUT2D eigenvalue weighted by Gasteiger charge is -2.25. The fraction of sp³-hybridized carbons (Fsp3) is 0.564. The second-order valence-corrected chi connectivity index (χ2v) is 15.3. The van der Waals surface area contributed by atoms with Crippen LogP contribution in [0, 0.1) is 0 Å². The number of nitrogens with two attached hydrogens (primary N) is 7. The van der Waals surface area contributed by atoms with E-state index in [0.29, 0.717) is 12.0 Å². The average molecular weight is 982 g/mol.